The van der Waals surface area contributed by atoms with Crippen LogP contribution in [0.4, 0.5) is 19.0 Å². The molecular weight excluding hydrogens is 285 g/mol. The van der Waals surface area contributed by atoms with Gasteiger partial charge in [-0.3, -0.25) is 4.79 Å². The summed E-state index contributed by atoms with van der Waals surface area (Å²) in [6, 6.07) is 3.32. The van der Waals surface area contributed by atoms with E-state index in [0.29, 0.717) is 13.0 Å². The monoisotopic (exact) mass is 298 g/mol. The molecule has 0 aliphatic carbocycles. The van der Waals surface area contributed by atoms with E-state index in [9.17, 15) is 18.0 Å². The van der Waals surface area contributed by atoms with Gasteiger partial charge in [0.2, 0.25) is 5.91 Å². The van der Waals surface area contributed by atoms with Gasteiger partial charge in [-0.05, 0) is 18.6 Å². The molecule has 1 unspecified atom stereocenters. The standard InChI is InChI=1S/C13H13F3N4O/c1-20-5-4-9(6-11(20)21)18-12-8(7-17)2-3-10(19-12)13(14,15)16/h2-3,9H,4-6H2,1H3,(H,18,19). The van der Waals surface area contributed by atoms with E-state index in [0.717, 1.165) is 12.1 Å². The predicted octanol–water partition coefficient (Wildman–Crippen LogP) is 2.00. The summed E-state index contributed by atoms with van der Waals surface area (Å²) >= 11 is 0. The van der Waals surface area contributed by atoms with Crippen molar-refractivity contribution < 1.29 is 18.0 Å². The zero-order valence-corrected chi connectivity index (χ0v) is 11.2. The smallest absolute Gasteiger partial charge is 0.366 e. The average Bonchev–Trinajstić information content (AvgIpc) is 2.42. The van der Waals surface area contributed by atoms with Crippen LogP contribution < -0.4 is 5.32 Å². The number of pyridine rings is 1. The van der Waals surface area contributed by atoms with Crippen molar-refractivity contribution in [2.45, 2.75) is 25.1 Å². The van der Waals surface area contributed by atoms with Crippen LogP contribution in [0.15, 0.2) is 12.1 Å². The van der Waals surface area contributed by atoms with E-state index in [1.807, 2.05) is 0 Å². The van der Waals surface area contributed by atoms with Crippen LogP contribution in [-0.4, -0.2) is 35.4 Å². The van der Waals surface area contributed by atoms with Crippen LogP contribution in [0.25, 0.3) is 0 Å². The maximum Gasteiger partial charge on any atom is 0.433 e. The van der Waals surface area contributed by atoms with Crippen LogP contribution in [0.1, 0.15) is 24.1 Å². The molecule has 1 fully saturated rings. The number of amides is 1. The van der Waals surface area contributed by atoms with Crippen LogP contribution in [-0.2, 0) is 11.0 Å². The van der Waals surface area contributed by atoms with Gasteiger partial charge in [-0.1, -0.05) is 0 Å². The van der Waals surface area contributed by atoms with E-state index in [1.54, 1.807) is 18.0 Å². The van der Waals surface area contributed by atoms with Crippen molar-refractivity contribution in [2.75, 3.05) is 18.9 Å². The molecule has 0 saturated carbocycles. The minimum atomic E-state index is -4.58. The predicted molar refractivity (Wildman–Crippen MR) is 68.2 cm³/mol. The van der Waals surface area contributed by atoms with Gasteiger partial charge in [0.25, 0.3) is 0 Å². The summed E-state index contributed by atoms with van der Waals surface area (Å²) in [5.41, 5.74) is -1.04. The van der Waals surface area contributed by atoms with E-state index >= 15 is 0 Å². The first-order chi connectivity index (χ1) is 9.81. The van der Waals surface area contributed by atoms with Gasteiger partial charge < -0.3 is 10.2 Å². The number of carbonyl (C=O) groups excluding carboxylic acids is 1. The van der Waals surface area contributed by atoms with Crippen molar-refractivity contribution in [2.24, 2.45) is 0 Å². The number of piperidine rings is 1. The number of aromatic nitrogens is 1. The summed E-state index contributed by atoms with van der Waals surface area (Å²) in [4.78, 5) is 16.6. The van der Waals surface area contributed by atoms with Gasteiger partial charge in [0, 0.05) is 26.1 Å². The number of nitrogens with one attached hydrogen (secondary N) is 1. The van der Waals surface area contributed by atoms with Crippen molar-refractivity contribution in [1.82, 2.24) is 9.88 Å². The molecule has 1 atom stereocenters. The fraction of sp³-hybridized carbons (Fsp3) is 0.462. The molecule has 1 aliphatic heterocycles. The van der Waals surface area contributed by atoms with Gasteiger partial charge >= 0.3 is 6.18 Å². The number of alkyl halides is 3. The quantitative estimate of drug-likeness (QED) is 0.906. The molecule has 1 aromatic rings. The highest BCUT2D eigenvalue weighted by Gasteiger charge is 2.33. The number of hydrogen-bond donors (Lipinski definition) is 1. The van der Waals surface area contributed by atoms with Gasteiger partial charge in [-0.2, -0.15) is 18.4 Å². The zero-order chi connectivity index (χ0) is 15.6. The Morgan fingerprint density at radius 1 is 1.48 bits per heavy atom. The molecule has 1 N–H and O–H groups in total. The SMILES string of the molecule is CN1CCC(Nc2nc(C(F)(F)F)ccc2C#N)CC1=O. The van der Waals surface area contributed by atoms with Gasteiger partial charge in [0.15, 0.2) is 0 Å². The molecule has 0 spiro atoms. The van der Waals surface area contributed by atoms with E-state index in [4.69, 9.17) is 5.26 Å². The summed E-state index contributed by atoms with van der Waals surface area (Å²) in [6.07, 6.45) is -3.82. The Labute approximate surface area is 119 Å². The topological polar surface area (TPSA) is 69.0 Å². The highest BCUT2D eigenvalue weighted by atomic mass is 19.4. The third-order valence-corrected chi connectivity index (χ3v) is 3.31. The van der Waals surface area contributed by atoms with E-state index in [-0.39, 0.29) is 29.8 Å². The number of nitrogens with zero attached hydrogens (tertiary/aromatic N) is 3. The van der Waals surface area contributed by atoms with Crippen LogP contribution >= 0.6 is 0 Å². The summed E-state index contributed by atoms with van der Waals surface area (Å²) in [7, 11) is 1.67. The molecule has 2 rings (SSSR count). The molecule has 0 radical (unpaired) electrons. The summed E-state index contributed by atoms with van der Waals surface area (Å²) in [5, 5.41) is 11.7. The van der Waals surface area contributed by atoms with Crippen molar-refractivity contribution in [3.05, 3.63) is 23.4 Å². The van der Waals surface area contributed by atoms with E-state index < -0.39 is 11.9 Å². The van der Waals surface area contributed by atoms with Crippen molar-refractivity contribution in [3.8, 4) is 6.07 Å². The Balaban J connectivity index is 2.22. The summed E-state index contributed by atoms with van der Waals surface area (Å²) in [6.45, 7) is 0.511. The van der Waals surface area contributed by atoms with Crippen molar-refractivity contribution in [3.63, 3.8) is 0 Å². The van der Waals surface area contributed by atoms with Crippen LogP contribution in [0.5, 0.6) is 0 Å². The lowest BCUT2D eigenvalue weighted by Crippen LogP contribution is -2.41. The highest BCUT2D eigenvalue weighted by Crippen LogP contribution is 2.30. The minimum Gasteiger partial charge on any atom is -0.366 e. The third-order valence-electron chi connectivity index (χ3n) is 3.31. The molecule has 1 amide bonds. The Hall–Kier alpha value is -2.30. The number of hydrogen-bond acceptors (Lipinski definition) is 4. The summed E-state index contributed by atoms with van der Waals surface area (Å²) in [5.74, 6) is -0.223. The lowest BCUT2D eigenvalue weighted by molar-refractivity contribution is -0.141. The molecule has 8 heteroatoms. The lowest BCUT2D eigenvalue weighted by Gasteiger charge is -2.29. The van der Waals surface area contributed by atoms with Crippen LogP contribution in [0.2, 0.25) is 0 Å². The van der Waals surface area contributed by atoms with Crippen LogP contribution in [0.3, 0.4) is 0 Å². The lowest BCUT2D eigenvalue weighted by atomic mass is 10.0. The Kier molecular flexibility index (Phi) is 4.02. The van der Waals surface area contributed by atoms with Crippen molar-refractivity contribution >= 4 is 11.7 Å². The molecule has 21 heavy (non-hydrogen) atoms. The molecular formula is C13H13F3N4O. The maximum atomic E-state index is 12.7. The van der Waals surface area contributed by atoms with Gasteiger partial charge in [-0.25, -0.2) is 4.98 Å². The molecule has 1 aliphatic rings. The first kappa shape index (κ1) is 15.1. The van der Waals surface area contributed by atoms with E-state index in [2.05, 4.69) is 10.3 Å². The molecule has 112 valence electrons. The second kappa shape index (κ2) is 5.60. The van der Waals surface area contributed by atoms with Gasteiger partial charge in [-0.15, -0.1) is 0 Å². The number of nitriles is 1. The van der Waals surface area contributed by atoms with Gasteiger partial charge in [0.1, 0.15) is 17.6 Å². The third kappa shape index (κ3) is 3.42. The number of anilines is 1. The fourth-order valence-corrected chi connectivity index (χ4v) is 2.08. The Morgan fingerprint density at radius 2 is 2.19 bits per heavy atom. The molecule has 1 saturated heterocycles. The number of likely N-dealkylation sites (tertiary alicyclic amines) is 1. The molecule has 0 bridgehead atoms. The second-order valence-corrected chi connectivity index (χ2v) is 4.85. The second-order valence-electron chi connectivity index (χ2n) is 4.85. The first-order valence-electron chi connectivity index (χ1n) is 6.30. The van der Waals surface area contributed by atoms with Crippen LogP contribution in [0, 0.1) is 11.3 Å². The Morgan fingerprint density at radius 3 is 2.76 bits per heavy atom. The number of halogens is 3. The first-order valence-corrected chi connectivity index (χ1v) is 6.30. The average molecular weight is 298 g/mol. The van der Waals surface area contributed by atoms with E-state index in [1.165, 1.54) is 0 Å². The van der Waals surface area contributed by atoms with Gasteiger partial charge in [0.05, 0.1) is 5.56 Å². The number of rotatable bonds is 2. The maximum absolute atomic E-state index is 12.7. The molecule has 2 heterocycles. The summed E-state index contributed by atoms with van der Waals surface area (Å²) < 4.78 is 38.0. The highest BCUT2D eigenvalue weighted by molar-refractivity contribution is 5.78. The molecule has 0 aromatic carbocycles. The Bertz CT molecular complexity index is 594. The molecule has 1 aromatic heterocycles. The zero-order valence-electron chi connectivity index (χ0n) is 11.2. The normalized spacial score (nSPS) is 19.3. The fourth-order valence-electron chi connectivity index (χ4n) is 2.08. The number of carbonyl (C=O) groups is 1. The molecule has 5 nitrogen and oxygen atoms in total. The minimum absolute atomic E-state index is 0.0226. The largest absolute Gasteiger partial charge is 0.433 e. The van der Waals surface area contributed by atoms with Crippen molar-refractivity contribution in [1.29, 1.82) is 5.26 Å².